The number of nitrogens with one attached hydrogen (secondary N) is 3. The molecule has 0 heterocycles. The number of benzene rings is 3. The molecule has 0 saturated heterocycles. The number of rotatable bonds is 9. The Hall–Kier alpha value is -3.65. The largest absolute Gasteiger partial charge is 0.493 e. The average molecular weight is 466 g/mol. The molecule has 2 amide bonds. The Labute approximate surface area is 198 Å². The lowest BCUT2D eigenvalue weighted by Gasteiger charge is -2.14. The number of carbonyl (C=O) groups excluding carboxylic acids is 2. The standard InChI is InChI=1S/C25H27N3O4S/c1-2-3-8-16-31-22-14-7-6-13-20(22)24(30)26-25(33)28-27-23(29)17-32-21-15-9-11-18-10-4-5-12-19(18)21/h4-7,9-15H,2-3,8,16-17H2,1H3,(H,27,29)(H2,26,28,30,33). The van der Waals surface area contributed by atoms with Gasteiger partial charge in [-0.3, -0.25) is 25.8 Å². The van der Waals surface area contributed by atoms with E-state index in [0.29, 0.717) is 23.7 Å². The van der Waals surface area contributed by atoms with Crippen molar-refractivity contribution in [2.45, 2.75) is 26.2 Å². The molecule has 3 rings (SSSR count). The van der Waals surface area contributed by atoms with Crippen LogP contribution < -0.4 is 25.6 Å². The van der Waals surface area contributed by atoms with E-state index in [1.165, 1.54) is 0 Å². The summed E-state index contributed by atoms with van der Waals surface area (Å²) in [4.78, 5) is 24.7. The number of hydrogen-bond acceptors (Lipinski definition) is 5. The Balaban J connectivity index is 1.46. The molecule has 0 aliphatic carbocycles. The van der Waals surface area contributed by atoms with Crippen molar-refractivity contribution >= 4 is 39.9 Å². The van der Waals surface area contributed by atoms with Crippen molar-refractivity contribution in [1.82, 2.24) is 16.2 Å². The van der Waals surface area contributed by atoms with Gasteiger partial charge in [-0.1, -0.05) is 68.3 Å². The van der Waals surface area contributed by atoms with Gasteiger partial charge in [0, 0.05) is 5.39 Å². The van der Waals surface area contributed by atoms with E-state index in [1.54, 1.807) is 30.3 Å². The van der Waals surface area contributed by atoms with Crippen LogP contribution in [-0.2, 0) is 4.79 Å². The van der Waals surface area contributed by atoms with Gasteiger partial charge < -0.3 is 9.47 Å². The Bertz CT molecular complexity index is 1110. The minimum absolute atomic E-state index is 0.0423. The highest BCUT2D eigenvalue weighted by atomic mass is 32.1. The molecule has 0 saturated carbocycles. The molecule has 0 radical (unpaired) electrons. The van der Waals surface area contributed by atoms with Gasteiger partial charge in [-0.2, -0.15) is 0 Å². The summed E-state index contributed by atoms with van der Waals surface area (Å²) in [5.41, 5.74) is 5.30. The number of fused-ring (bicyclic) bond motifs is 1. The second-order valence-electron chi connectivity index (χ2n) is 7.27. The maximum atomic E-state index is 12.6. The van der Waals surface area contributed by atoms with E-state index in [4.69, 9.17) is 21.7 Å². The monoisotopic (exact) mass is 465 g/mol. The molecule has 0 fully saturated rings. The normalized spacial score (nSPS) is 10.3. The average Bonchev–Trinajstić information content (AvgIpc) is 2.84. The third-order valence-electron chi connectivity index (χ3n) is 4.79. The predicted molar refractivity (Wildman–Crippen MR) is 132 cm³/mol. The van der Waals surface area contributed by atoms with Crippen LogP contribution in [-0.4, -0.2) is 30.1 Å². The maximum absolute atomic E-state index is 12.6. The summed E-state index contributed by atoms with van der Waals surface area (Å²) in [7, 11) is 0. The van der Waals surface area contributed by atoms with Crippen molar-refractivity contribution in [1.29, 1.82) is 0 Å². The smallest absolute Gasteiger partial charge is 0.276 e. The van der Waals surface area contributed by atoms with Gasteiger partial charge in [-0.15, -0.1) is 0 Å². The number of amides is 2. The number of unbranched alkanes of at least 4 members (excludes halogenated alkanes) is 2. The molecule has 7 nitrogen and oxygen atoms in total. The molecular weight excluding hydrogens is 438 g/mol. The summed E-state index contributed by atoms with van der Waals surface area (Å²) < 4.78 is 11.4. The lowest BCUT2D eigenvalue weighted by Crippen LogP contribution is -2.49. The van der Waals surface area contributed by atoms with Gasteiger partial charge in [-0.05, 0) is 42.2 Å². The Morgan fingerprint density at radius 1 is 0.848 bits per heavy atom. The zero-order chi connectivity index (χ0) is 23.5. The van der Waals surface area contributed by atoms with Crippen LogP contribution in [0.4, 0.5) is 0 Å². The minimum atomic E-state index is -0.445. The van der Waals surface area contributed by atoms with Gasteiger partial charge >= 0.3 is 0 Å². The van der Waals surface area contributed by atoms with Crippen LogP contribution in [0.25, 0.3) is 10.8 Å². The molecule has 3 N–H and O–H groups in total. The van der Waals surface area contributed by atoms with Crippen LogP contribution in [0.2, 0.25) is 0 Å². The van der Waals surface area contributed by atoms with Crippen molar-refractivity contribution < 1.29 is 19.1 Å². The van der Waals surface area contributed by atoms with Gasteiger partial charge in [0.25, 0.3) is 11.8 Å². The predicted octanol–water partition coefficient (Wildman–Crippen LogP) is 4.12. The summed E-state index contributed by atoms with van der Waals surface area (Å²) in [5, 5.41) is 4.43. The molecule has 0 aromatic heterocycles. The third-order valence-corrected chi connectivity index (χ3v) is 4.99. The summed E-state index contributed by atoms with van der Waals surface area (Å²) >= 11 is 5.12. The summed E-state index contributed by atoms with van der Waals surface area (Å²) in [6.45, 7) is 2.43. The van der Waals surface area contributed by atoms with Crippen molar-refractivity contribution in [2.24, 2.45) is 0 Å². The fourth-order valence-corrected chi connectivity index (χ4v) is 3.29. The van der Waals surface area contributed by atoms with Gasteiger partial charge in [0.05, 0.1) is 12.2 Å². The molecule has 3 aromatic rings. The van der Waals surface area contributed by atoms with Crippen LogP contribution in [0.5, 0.6) is 11.5 Å². The zero-order valence-electron chi connectivity index (χ0n) is 18.4. The molecule has 0 aliphatic rings. The van der Waals surface area contributed by atoms with Crippen molar-refractivity contribution in [3.8, 4) is 11.5 Å². The van der Waals surface area contributed by atoms with Gasteiger partial charge in [-0.25, -0.2) is 0 Å². The molecule has 0 spiro atoms. The van der Waals surface area contributed by atoms with E-state index in [2.05, 4.69) is 23.1 Å². The van der Waals surface area contributed by atoms with Crippen LogP contribution in [0.15, 0.2) is 66.7 Å². The van der Waals surface area contributed by atoms with Gasteiger partial charge in [0.1, 0.15) is 11.5 Å². The van der Waals surface area contributed by atoms with E-state index in [9.17, 15) is 9.59 Å². The van der Waals surface area contributed by atoms with E-state index in [0.717, 1.165) is 30.0 Å². The van der Waals surface area contributed by atoms with Crippen LogP contribution >= 0.6 is 12.2 Å². The number of para-hydroxylation sites is 1. The summed E-state index contributed by atoms with van der Waals surface area (Å²) in [6.07, 6.45) is 3.07. The van der Waals surface area contributed by atoms with E-state index in [1.807, 2.05) is 36.4 Å². The number of carbonyl (C=O) groups is 2. The van der Waals surface area contributed by atoms with Crippen molar-refractivity contribution in [3.63, 3.8) is 0 Å². The van der Waals surface area contributed by atoms with Gasteiger partial charge in [0.2, 0.25) is 0 Å². The van der Waals surface area contributed by atoms with Crippen LogP contribution in [0, 0.1) is 0 Å². The summed E-state index contributed by atoms with van der Waals surface area (Å²) in [5.74, 6) is 0.218. The highest BCUT2D eigenvalue weighted by Crippen LogP contribution is 2.25. The number of ether oxygens (including phenoxy) is 2. The first-order valence-corrected chi connectivity index (χ1v) is 11.2. The lowest BCUT2D eigenvalue weighted by atomic mass is 10.1. The molecule has 3 aromatic carbocycles. The second kappa shape index (κ2) is 12.4. The summed E-state index contributed by atoms with van der Waals surface area (Å²) in [6, 6.07) is 20.3. The van der Waals surface area contributed by atoms with E-state index >= 15 is 0 Å². The topological polar surface area (TPSA) is 88.7 Å². The highest BCUT2D eigenvalue weighted by molar-refractivity contribution is 7.80. The molecular formula is C25H27N3O4S. The molecule has 0 bridgehead atoms. The lowest BCUT2D eigenvalue weighted by molar-refractivity contribution is -0.123. The minimum Gasteiger partial charge on any atom is -0.493 e. The molecule has 0 atom stereocenters. The van der Waals surface area contributed by atoms with Crippen LogP contribution in [0.1, 0.15) is 36.5 Å². The number of hydrogen-bond donors (Lipinski definition) is 3. The Morgan fingerprint density at radius 3 is 2.42 bits per heavy atom. The highest BCUT2D eigenvalue weighted by Gasteiger charge is 2.14. The van der Waals surface area contributed by atoms with Crippen molar-refractivity contribution in [2.75, 3.05) is 13.2 Å². The number of thiocarbonyl (C=S) groups is 1. The van der Waals surface area contributed by atoms with Crippen LogP contribution in [0.3, 0.4) is 0 Å². The Kier molecular flexibility index (Phi) is 9.02. The zero-order valence-corrected chi connectivity index (χ0v) is 19.2. The molecule has 33 heavy (non-hydrogen) atoms. The fraction of sp³-hybridized carbons (Fsp3) is 0.240. The second-order valence-corrected chi connectivity index (χ2v) is 7.68. The van der Waals surface area contributed by atoms with Gasteiger partial charge in [0.15, 0.2) is 11.7 Å². The first kappa shape index (κ1) is 24.0. The van der Waals surface area contributed by atoms with E-state index in [-0.39, 0.29) is 11.7 Å². The number of hydrazine groups is 1. The molecule has 0 aliphatic heterocycles. The molecule has 8 heteroatoms. The molecule has 172 valence electrons. The Morgan fingerprint density at radius 2 is 1.58 bits per heavy atom. The third kappa shape index (κ3) is 7.18. The first-order chi connectivity index (χ1) is 16.1. The first-order valence-electron chi connectivity index (χ1n) is 10.8. The fourth-order valence-electron chi connectivity index (χ4n) is 3.14. The maximum Gasteiger partial charge on any atom is 0.276 e. The SMILES string of the molecule is CCCCCOc1ccccc1C(=O)NC(=S)NNC(=O)COc1cccc2ccccc12. The van der Waals surface area contributed by atoms with Crippen molar-refractivity contribution in [3.05, 3.63) is 72.3 Å². The van der Waals surface area contributed by atoms with E-state index < -0.39 is 11.8 Å². The quantitative estimate of drug-likeness (QED) is 0.250. The molecule has 0 unspecified atom stereocenters.